The molecule has 0 heterocycles. The van der Waals surface area contributed by atoms with Crippen LogP contribution in [0.2, 0.25) is 0 Å². The largest absolute Gasteiger partial charge is 0.494 e. The molecule has 0 radical (unpaired) electrons. The average Bonchev–Trinajstić information content (AvgIpc) is 2.46. The number of aryl methyl sites for hydroxylation is 2. The van der Waals surface area contributed by atoms with Crippen molar-refractivity contribution in [3.63, 3.8) is 0 Å². The molecular formula is C18H28O. The Hall–Kier alpha value is -1.24. The first-order valence-corrected chi connectivity index (χ1v) is 7.66. The molecule has 0 spiro atoms. The van der Waals surface area contributed by atoms with Gasteiger partial charge in [-0.05, 0) is 36.5 Å². The van der Waals surface area contributed by atoms with E-state index in [2.05, 4.69) is 45.5 Å². The summed E-state index contributed by atoms with van der Waals surface area (Å²) in [6, 6.07) is 6.57. The molecule has 0 aromatic heterocycles. The van der Waals surface area contributed by atoms with Gasteiger partial charge >= 0.3 is 0 Å². The third-order valence-corrected chi connectivity index (χ3v) is 3.56. The number of hydrogen-bond acceptors (Lipinski definition) is 1. The van der Waals surface area contributed by atoms with Crippen molar-refractivity contribution >= 4 is 5.76 Å². The third kappa shape index (κ3) is 5.10. The van der Waals surface area contributed by atoms with Crippen molar-refractivity contribution in [2.45, 2.75) is 59.3 Å². The zero-order chi connectivity index (χ0) is 14.1. The van der Waals surface area contributed by atoms with E-state index in [0.717, 1.165) is 37.2 Å². The second-order valence-corrected chi connectivity index (χ2v) is 5.02. The Morgan fingerprint density at radius 3 is 2.37 bits per heavy atom. The van der Waals surface area contributed by atoms with E-state index in [4.69, 9.17) is 4.74 Å². The number of hydrogen-bond donors (Lipinski definition) is 0. The monoisotopic (exact) mass is 260 g/mol. The van der Waals surface area contributed by atoms with Gasteiger partial charge in [0.25, 0.3) is 0 Å². The quantitative estimate of drug-likeness (QED) is 0.428. The lowest BCUT2D eigenvalue weighted by molar-refractivity contribution is 0.267. The van der Waals surface area contributed by atoms with E-state index < -0.39 is 0 Å². The summed E-state index contributed by atoms with van der Waals surface area (Å²) in [4.78, 5) is 0. The highest BCUT2D eigenvalue weighted by atomic mass is 16.5. The highest BCUT2D eigenvalue weighted by molar-refractivity contribution is 5.59. The molecule has 106 valence electrons. The summed E-state index contributed by atoms with van der Waals surface area (Å²) < 4.78 is 5.75. The molecule has 0 unspecified atom stereocenters. The summed E-state index contributed by atoms with van der Waals surface area (Å²) in [6.07, 6.45) is 7.09. The van der Waals surface area contributed by atoms with Gasteiger partial charge in [-0.1, -0.05) is 58.7 Å². The molecule has 1 heteroatoms. The molecule has 1 rings (SSSR count). The Bertz CT molecular complexity index is 393. The van der Waals surface area contributed by atoms with Crippen molar-refractivity contribution in [1.82, 2.24) is 0 Å². The molecule has 1 nitrogen and oxygen atoms in total. The van der Waals surface area contributed by atoms with Crippen LogP contribution >= 0.6 is 0 Å². The van der Waals surface area contributed by atoms with Crippen LogP contribution in [0.1, 0.15) is 63.1 Å². The van der Waals surface area contributed by atoms with E-state index in [1.807, 2.05) is 0 Å². The fourth-order valence-corrected chi connectivity index (χ4v) is 2.28. The van der Waals surface area contributed by atoms with Crippen LogP contribution in [0.5, 0.6) is 0 Å². The van der Waals surface area contributed by atoms with Crippen LogP contribution in [0.3, 0.4) is 0 Å². The minimum atomic E-state index is 0.788. The Balaban J connectivity index is 2.52. The topological polar surface area (TPSA) is 9.23 Å². The third-order valence-electron chi connectivity index (χ3n) is 3.56. The van der Waals surface area contributed by atoms with Crippen molar-refractivity contribution in [3.05, 3.63) is 41.5 Å². The van der Waals surface area contributed by atoms with E-state index in [1.165, 1.54) is 30.4 Å². The van der Waals surface area contributed by atoms with Gasteiger partial charge in [0, 0.05) is 5.56 Å². The molecule has 1 aromatic carbocycles. The van der Waals surface area contributed by atoms with Crippen LogP contribution < -0.4 is 0 Å². The molecule has 0 aliphatic carbocycles. The maximum atomic E-state index is 5.75. The zero-order valence-corrected chi connectivity index (χ0v) is 12.8. The Morgan fingerprint density at radius 2 is 1.74 bits per heavy atom. The highest BCUT2D eigenvalue weighted by Crippen LogP contribution is 2.20. The summed E-state index contributed by atoms with van der Waals surface area (Å²) in [5, 5.41) is 0. The standard InChI is InChI=1S/C18H28O/c1-5-8-9-10-13-19-15(4)18-12-11-16(6-2)17(7-3)14-18/h11-12,14H,4-10,13H2,1-3H3. The first-order valence-electron chi connectivity index (χ1n) is 7.66. The van der Waals surface area contributed by atoms with Gasteiger partial charge in [0.05, 0.1) is 6.61 Å². The van der Waals surface area contributed by atoms with Crippen LogP contribution in [-0.4, -0.2) is 6.61 Å². The van der Waals surface area contributed by atoms with Crippen molar-refractivity contribution in [2.75, 3.05) is 6.61 Å². The number of unbranched alkanes of at least 4 members (excludes halogenated alkanes) is 3. The Labute approximate surface area is 118 Å². The zero-order valence-electron chi connectivity index (χ0n) is 12.8. The molecule has 0 bridgehead atoms. The molecule has 19 heavy (non-hydrogen) atoms. The fraction of sp³-hybridized carbons (Fsp3) is 0.556. The predicted octanol–water partition coefficient (Wildman–Crippen LogP) is 5.38. The van der Waals surface area contributed by atoms with Crippen LogP contribution in [0.25, 0.3) is 5.76 Å². The maximum absolute atomic E-state index is 5.75. The van der Waals surface area contributed by atoms with E-state index in [-0.39, 0.29) is 0 Å². The fourth-order valence-electron chi connectivity index (χ4n) is 2.28. The van der Waals surface area contributed by atoms with Gasteiger partial charge in [0.2, 0.25) is 0 Å². The summed E-state index contributed by atoms with van der Waals surface area (Å²) in [7, 11) is 0. The van der Waals surface area contributed by atoms with E-state index in [0.29, 0.717) is 0 Å². The SMILES string of the molecule is C=C(OCCCCCC)c1ccc(CC)c(CC)c1. The van der Waals surface area contributed by atoms with Crippen molar-refractivity contribution in [1.29, 1.82) is 0 Å². The lowest BCUT2D eigenvalue weighted by Gasteiger charge is -2.12. The number of ether oxygens (including phenoxy) is 1. The molecule has 0 aliphatic heterocycles. The maximum Gasteiger partial charge on any atom is 0.119 e. The molecule has 0 saturated heterocycles. The van der Waals surface area contributed by atoms with Crippen LogP contribution in [0.4, 0.5) is 0 Å². The van der Waals surface area contributed by atoms with Crippen LogP contribution in [0, 0.1) is 0 Å². The number of benzene rings is 1. The second-order valence-electron chi connectivity index (χ2n) is 5.02. The second kappa shape index (κ2) is 8.79. The van der Waals surface area contributed by atoms with Gasteiger partial charge in [-0.25, -0.2) is 0 Å². The lowest BCUT2D eigenvalue weighted by atomic mass is 9.99. The molecular weight excluding hydrogens is 232 g/mol. The highest BCUT2D eigenvalue weighted by Gasteiger charge is 2.04. The molecule has 1 aromatic rings. The normalized spacial score (nSPS) is 10.5. The van der Waals surface area contributed by atoms with Gasteiger partial charge < -0.3 is 4.74 Å². The first kappa shape index (κ1) is 15.8. The van der Waals surface area contributed by atoms with Gasteiger partial charge in [-0.3, -0.25) is 0 Å². The van der Waals surface area contributed by atoms with Crippen LogP contribution in [-0.2, 0) is 17.6 Å². The lowest BCUT2D eigenvalue weighted by Crippen LogP contribution is -1.97. The minimum Gasteiger partial charge on any atom is -0.494 e. The minimum absolute atomic E-state index is 0.788. The van der Waals surface area contributed by atoms with E-state index in [9.17, 15) is 0 Å². The predicted molar refractivity (Wildman–Crippen MR) is 84.3 cm³/mol. The first-order chi connectivity index (χ1) is 9.22. The Kier molecular flexibility index (Phi) is 7.32. The van der Waals surface area contributed by atoms with Crippen LogP contribution in [0.15, 0.2) is 24.8 Å². The van der Waals surface area contributed by atoms with Gasteiger partial charge in [-0.2, -0.15) is 0 Å². The van der Waals surface area contributed by atoms with Gasteiger partial charge in [-0.15, -0.1) is 0 Å². The molecule has 0 aliphatic rings. The summed E-state index contributed by atoms with van der Waals surface area (Å²) in [5.41, 5.74) is 3.97. The Morgan fingerprint density at radius 1 is 1.00 bits per heavy atom. The molecule has 0 saturated carbocycles. The van der Waals surface area contributed by atoms with Crippen molar-refractivity contribution in [3.8, 4) is 0 Å². The summed E-state index contributed by atoms with van der Waals surface area (Å²) >= 11 is 0. The molecule has 0 fully saturated rings. The average molecular weight is 260 g/mol. The smallest absolute Gasteiger partial charge is 0.119 e. The summed E-state index contributed by atoms with van der Waals surface area (Å²) in [5.74, 6) is 0.814. The molecule has 0 amide bonds. The number of rotatable bonds is 9. The van der Waals surface area contributed by atoms with Crippen molar-refractivity contribution in [2.24, 2.45) is 0 Å². The summed E-state index contributed by atoms with van der Waals surface area (Å²) in [6.45, 7) is 11.5. The van der Waals surface area contributed by atoms with Gasteiger partial charge in [0.1, 0.15) is 5.76 Å². The molecule has 0 N–H and O–H groups in total. The molecule has 0 atom stereocenters. The van der Waals surface area contributed by atoms with E-state index in [1.54, 1.807) is 0 Å². The van der Waals surface area contributed by atoms with Gasteiger partial charge in [0.15, 0.2) is 0 Å². The van der Waals surface area contributed by atoms with E-state index >= 15 is 0 Å². The van der Waals surface area contributed by atoms with Crippen molar-refractivity contribution < 1.29 is 4.74 Å².